The number of nitrogens with zero attached hydrogens (tertiary/aromatic N) is 5. The van der Waals surface area contributed by atoms with Crippen LogP contribution in [0, 0.1) is 0 Å². The summed E-state index contributed by atoms with van der Waals surface area (Å²) in [6, 6.07) is 10.6. The van der Waals surface area contributed by atoms with E-state index in [1.54, 1.807) is 17.1 Å². The molecule has 1 aliphatic heterocycles. The third-order valence-corrected chi connectivity index (χ3v) is 5.24. The van der Waals surface area contributed by atoms with Gasteiger partial charge in [0.2, 0.25) is 0 Å². The number of pyridine rings is 1. The van der Waals surface area contributed by atoms with Crippen LogP contribution >= 0.6 is 0 Å². The van der Waals surface area contributed by atoms with Crippen molar-refractivity contribution < 1.29 is 4.79 Å². The largest absolute Gasteiger partial charge is 0.356 e. The fourth-order valence-corrected chi connectivity index (χ4v) is 3.72. The standard InChI is InChI=1S/C20H23N5O/c1-23-14-16(13-22-23)20(26)24(2)17-8-11-25(12-9-17)19-18-6-4-3-5-15(18)7-10-21-19/h3-7,10,13-14,17H,8-9,11-12H2,1-2H3. The van der Waals surface area contributed by atoms with Gasteiger partial charge in [-0.1, -0.05) is 24.3 Å². The minimum absolute atomic E-state index is 0.0415. The molecule has 0 spiro atoms. The van der Waals surface area contributed by atoms with Gasteiger partial charge in [0.15, 0.2) is 0 Å². The second kappa shape index (κ2) is 6.78. The summed E-state index contributed by atoms with van der Waals surface area (Å²) in [7, 11) is 3.72. The molecule has 3 aromatic rings. The zero-order valence-electron chi connectivity index (χ0n) is 15.2. The quantitative estimate of drug-likeness (QED) is 0.730. The molecule has 134 valence electrons. The predicted octanol–water partition coefficient (Wildman–Crippen LogP) is 2.71. The summed E-state index contributed by atoms with van der Waals surface area (Å²) in [6.07, 6.45) is 7.16. The van der Waals surface area contributed by atoms with Crippen LogP contribution in [0.5, 0.6) is 0 Å². The van der Waals surface area contributed by atoms with Crippen molar-refractivity contribution in [1.82, 2.24) is 19.7 Å². The summed E-state index contributed by atoms with van der Waals surface area (Å²) in [5.41, 5.74) is 0.646. The molecule has 1 saturated heterocycles. The first-order valence-electron chi connectivity index (χ1n) is 8.98. The minimum Gasteiger partial charge on any atom is -0.356 e. The third-order valence-electron chi connectivity index (χ3n) is 5.24. The SMILES string of the molecule is CN(C(=O)c1cnn(C)c1)C1CCN(c2nccc3ccccc23)CC1. The van der Waals surface area contributed by atoms with Crippen LogP contribution in [0.15, 0.2) is 48.9 Å². The smallest absolute Gasteiger partial charge is 0.257 e. The number of carbonyl (C=O) groups is 1. The molecule has 1 amide bonds. The Morgan fingerprint density at radius 1 is 1.19 bits per heavy atom. The van der Waals surface area contributed by atoms with Gasteiger partial charge >= 0.3 is 0 Å². The number of piperidine rings is 1. The van der Waals surface area contributed by atoms with Gasteiger partial charge in [-0.15, -0.1) is 0 Å². The third kappa shape index (κ3) is 3.03. The van der Waals surface area contributed by atoms with Gasteiger partial charge in [0.1, 0.15) is 5.82 Å². The van der Waals surface area contributed by atoms with Crippen molar-refractivity contribution in [3.8, 4) is 0 Å². The molecule has 0 saturated carbocycles. The number of rotatable bonds is 3. The van der Waals surface area contributed by atoms with Crippen LogP contribution in [0.4, 0.5) is 5.82 Å². The Labute approximate surface area is 153 Å². The molecular formula is C20H23N5O. The Balaban J connectivity index is 1.46. The molecule has 2 aromatic heterocycles. The van der Waals surface area contributed by atoms with Gasteiger partial charge in [-0.25, -0.2) is 4.98 Å². The first-order valence-corrected chi connectivity index (χ1v) is 8.98. The lowest BCUT2D eigenvalue weighted by Gasteiger charge is -2.37. The van der Waals surface area contributed by atoms with Crippen LogP contribution in [-0.4, -0.2) is 51.8 Å². The highest BCUT2D eigenvalue weighted by Gasteiger charge is 2.27. The van der Waals surface area contributed by atoms with Crippen LogP contribution in [0.25, 0.3) is 10.8 Å². The van der Waals surface area contributed by atoms with Crippen LogP contribution in [0.1, 0.15) is 23.2 Å². The zero-order valence-corrected chi connectivity index (χ0v) is 15.2. The molecule has 26 heavy (non-hydrogen) atoms. The van der Waals surface area contributed by atoms with Gasteiger partial charge in [0, 0.05) is 51.0 Å². The Bertz CT molecular complexity index is 921. The zero-order chi connectivity index (χ0) is 18.1. The number of anilines is 1. The maximum absolute atomic E-state index is 12.6. The van der Waals surface area contributed by atoms with Gasteiger partial charge in [0.05, 0.1) is 11.8 Å². The molecule has 6 nitrogen and oxygen atoms in total. The number of amides is 1. The molecule has 0 bridgehead atoms. The highest BCUT2D eigenvalue weighted by Crippen LogP contribution is 2.27. The Kier molecular flexibility index (Phi) is 4.32. The summed E-state index contributed by atoms with van der Waals surface area (Å²) in [4.78, 5) is 21.5. The van der Waals surface area contributed by atoms with Crippen LogP contribution in [0.2, 0.25) is 0 Å². The van der Waals surface area contributed by atoms with E-state index in [9.17, 15) is 4.79 Å². The van der Waals surface area contributed by atoms with Crippen molar-refractivity contribution in [3.63, 3.8) is 0 Å². The second-order valence-corrected chi connectivity index (χ2v) is 6.89. The average molecular weight is 349 g/mol. The summed E-state index contributed by atoms with van der Waals surface area (Å²) >= 11 is 0. The van der Waals surface area contributed by atoms with E-state index in [4.69, 9.17) is 0 Å². The number of aromatic nitrogens is 3. The average Bonchev–Trinajstić information content (AvgIpc) is 3.13. The van der Waals surface area contributed by atoms with Crippen molar-refractivity contribution in [2.75, 3.05) is 25.0 Å². The second-order valence-electron chi connectivity index (χ2n) is 6.89. The van der Waals surface area contributed by atoms with E-state index < -0.39 is 0 Å². The summed E-state index contributed by atoms with van der Waals surface area (Å²) in [6.45, 7) is 1.80. The van der Waals surface area contributed by atoms with E-state index in [1.165, 1.54) is 10.8 Å². The van der Waals surface area contributed by atoms with Crippen LogP contribution in [0.3, 0.4) is 0 Å². The van der Waals surface area contributed by atoms with Crippen molar-refractivity contribution in [2.24, 2.45) is 7.05 Å². The molecule has 1 aromatic carbocycles. The molecule has 6 heteroatoms. The molecule has 0 aliphatic carbocycles. The van der Waals surface area contributed by atoms with Gasteiger partial charge in [-0.3, -0.25) is 9.48 Å². The first-order chi connectivity index (χ1) is 12.6. The van der Waals surface area contributed by atoms with E-state index >= 15 is 0 Å². The molecule has 1 fully saturated rings. The Morgan fingerprint density at radius 3 is 2.69 bits per heavy atom. The normalized spacial score (nSPS) is 15.4. The maximum Gasteiger partial charge on any atom is 0.257 e. The number of hydrogen-bond donors (Lipinski definition) is 0. The van der Waals surface area contributed by atoms with Crippen molar-refractivity contribution in [1.29, 1.82) is 0 Å². The number of hydrogen-bond acceptors (Lipinski definition) is 4. The Hall–Kier alpha value is -2.89. The highest BCUT2D eigenvalue weighted by atomic mass is 16.2. The van der Waals surface area contributed by atoms with E-state index in [2.05, 4.69) is 39.2 Å². The molecule has 4 rings (SSSR count). The molecular weight excluding hydrogens is 326 g/mol. The molecule has 0 radical (unpaired) electrons. The lowest BCUT2D eigenvalue weighted by atomic mass is 10.0. The fourth-order valence-electron chi connectivity index (χ4n) is 3.72. The number of benzene rings is 1. The summed E-state index contributed by atoms with van der Waals surface area (Å²) in [5, 5.41) is 6.50. The highest BCUT2D eigenvalue weighted by molar-refractivity contribution is 5.94. The number of carbonyl (C=O) groups excluding carboxylic acids is 1. The topological polar surface area (TPSA) is 54.3 Å². The van der Waals surface area contributed by atoms with Crippen molar-refractivity contribution >= 4 is 22.5 Å². The lowest BCUT2D eigenvalue weighted by molar-refractivity contribution is 0.0709. The van der Waals surface area contributed by atoms with Crippen LogP contribution < -0.4 is 4.90 Å². The minimum atomic E-state index is 0.0415. The number of fused-ring (bicyclic) bond motifs is 1. The van der Waals surface area contributed by atoms with Crippen molar-refractivity contribution in [2.45, 2.75) is 18.9 Å². The van der Waals surface area contributed by atoms with Crippen molar-refractivity contribution in [3.05, 3.63) is 54.5 Å². The van der Waals surface area contributed by atoms with Gasteiger partial charge in [-0.05, 0) is 24.3 Å². The fraction of sp³-hybridized carbons (Fsp3) is 0.350. The molecule has 1 aliphatic rings. The summed E-state index contributed by atoms with van der Waals surface area (Å²) in [5.74, 6) is 1.09. The van der Waals surface area contributed by atoms with Gasteiger partial charge < -0.3 is 9.80 Å². The molecule has 3 heterocycles. The van der Waals surface area contributed by atoms with E-state index in [0.29, 0.717) is 5.56 Å². The summed E-state index contributed by atoms with van der Waals surface area (Å²) < 4.78 is 1.66. The predicted molar refractivity (Wildman–Crippen MR) is 102 cm³/mol. The van der Waals surface area contributed by atoms with Gasteiger partial charge in [-0.2, -0.15) is 5.10 Å². The molecule has 0 N–H and O–H groups in total. The van der Waals surface area contributed by atoms with Gasteiger partial charge in [0.25, 0.3) is 5.91 Å². The molecule has 0 atom stereocenters. The maximum atomic E-state index is 12.6. The number of aryl methyl sites for hydroxylation is 1. The first kappa shape index (κ1) is 16.6. The van der Waals surface area contributed by atoms with E-state index in [-0.39, 0.29) is 11.9 Å². The van der Waals surface area contributed by atoms with Crippen LogP contribution in [-0.2, 0) is 7.05 Å². The lowest BCUT2D eigenvalue weighted by Crippen LogP contribution is -2.45. The van der Waals surface area contributed by atoms with E-state index in [1.807, 2.05) is 31.3 Å². The monoisotopic (exact) mass is 349 g/mol. The Morgan fingerprint density at radius 2 is 1.96 bits per heavy atom. The molecule has 0 unspecified atom stereocenters. The van der Waals surface area contributed by atoms with E-state index in [0.717, 1.165) is 31.7 Å².